The van der Waals surface area contributed by atoms with Crippen molar-refractivity contribution in [3.8, 4) is 11.4 Å². The minimum Gasteiger partial charge on any atom is -0.311 e. The highest BCUT2D eigenvalue weighted by atomic mass is 35.5. The van der Waals surface area contributed by atoms with Gasteiger partial charge in [0.1, 0.15) is 11.0 Å². The molecule has 1 N–H and O–H groups in total. The summed E-state index contributed by atoms with van der Waals surface area (Å²) in [4.78, 5) is 19.3. The van der Waals surface area contributed by atoms with Gasteiger partial charge in [-0.3, -0.25) is 4.79 Å². The topological polar surface area (TPSA) is 54.9 Å². The summed E-state index contributed by atoms with van der Waals surface area (Å²) in [6.07, 6.45) is 0. The predicted octanol–water partition coefficient (Wildman–Crippen LogP) is 2.76. The summed E-state index contributed by atoms with van der Waals surface area (Å²) in [5.41, 5.74) is 0.849. The quantitative estimate of drug-likeness (QED) is 0.831. The Kier molecular flexibility index (Phi) is 3.35. The molecular formula is C12H10ClN3O. The Morgan fingerprint density at radius 3 is 2.59 bits per heavy atom. The Labute approximate surface area is 104 Å². The van der Waals surface area contributed by atoms with Gasteiger partial charge in [0.15, 0.2) is 5.82 Å². The Balaban J connectivity index is 2.42. The number of amides is 1. The van der Waals surface area contributed by atoms with Crippen molar-refractivity contribution in [2.45, 2.75) is 6.92 Å². The molecule has 0 saturated heterocycles. The van der Waals surface area contributed by atoms with E-state index >= 15 is 0 Å². The second kappa shape index (κ2) is 4.93. The highest BCUT2D eigenvalue weighted by Crippen LogP contribution is 2.19. The minimum absolute atomic E-state index is 0.196. The summed E-state index contributed by atoms with van der Waals surface area (Å²) >= 11 is 5.88. The molecule has 0 fully saturated rings. The van der Waals surface area contributed by atoms with E-state index in [4.69, 9.17) is 11.6 Å². The summed E-state index contributed by atoms with van der Waals surface area (Å²) in [6.45, 7) is 1.41. The molecule has 0 aliphatic rings. The molecule has 4 nitrogen and oxygen atoms in total. The van der Waals surface area contributed by atoms with E-state index in [0.717, 1.165) is 5.56 Å². The lowest BCUT2D eigenvalue weighted by Crippen LogP contribution is -2.08. The van der Waals surface area contributed by atoms with Gasteiger partial charge in [-0.15, -0.1) is 0 Å². The van der Waals surface area contributed by atoms with Crippen LogP contribution in [0.3, 0.4) is 0 Å². The molecule has 0 saturated carbocycles. The van der Waals surface area contributed by atoms with Gasteiger partial charge in [0, 0.05) is 18.6 Å². The van der Waals surface area contributed by atoms with Crippen LogP contribution in [0.5, 0.6) is 0 Å². The Morgan fingerprint density at radius 2 is 1.94 bits per heavy atom. The fraction of sp³-hybridized carbons (Fsp3) is 0.0833. The SMILES string of the molecule is CC(=O)Nc1cc(Cl)nc(-c2ccccc2)n1. The van der Waals surface area contributed by atoms with Crippen LogP contribution < -0.4 is 5.32 Å². The third kappa shape index (κ3) is 3.01. The van der Waals surface area contributed by atoms with Crippen LogP contribution in [0, 0.1) is 0 Å². The molecule has 0 aliphatic carbocycles. The van der Waals surface area contributed by atoms with Crippen molar-refractivity contribution in [2.24, 2.45) is 0 Å². The number of aromatic nitrogens is 2. The molecule has 1 heterocycles. The van der Waals surface area contributed by atoms with E-state index in [1.165, 1.54) is 13.0 Å². The molecule has 1 amide bonds. The van der Waals surface area contributed by atoms with Gasteiger partial charge in [0.2, 0.25) is 5.91 Å². The summed E-state index contributed by atoms with van der Waals surface area (Å²) in [5, 5.41) is 2.88. The second-order valence-electron chi connectivity index (χ2n) is 3.45. The summed E-state index contributed by atoms with van der Waals surface area (Å²) < 4.78 is 0. The fourth-order valence-electron chi connectivity index (χ4n) is 1.38. The van der Waals surface area contributed by atoms with Crippen molar-refractivity contribution < 1.29 is 4.79 Å². The molecule has 2 rings (SSSR count). The lowest BCUT2D eigenvalue weighted by Gasteiger charge is -2.05. The zero-order valence-electron chi connectivity index (χ0n) is 9.14. The number of carbonyl (C=O) groups is 1. The maximum Gasteiger partial charge on any atom is 0.222 e. The van der Waals surface area contributed by atoms with Crippen LogP contribution in [0.15, 0.2) is 36.4 Å². The maximum atomic E-state index is 11.0. The van der Waals surface area contributed by atoms with Crippen LogP contribution >= 0.6 is 11.6 Å². The first-order valence-corrected chi connectivity index (χ1v) is 5.40. The van der Waals surface area contributed by atoms with Gasteiger partial charge in [-0.25, -0.2) is 9.97 Å². The lowest BCUT2D eigenvalue weighted by atomic mass is 10.2. The lowest BCUT2D eigenvalue weighted by molar-refractivity contribution is -0.114. The molecule has 1 aromatic heterocycles. The van der Waals surface area contributed by atoms with E-state index in [-0.39, 0.29) is 5.91 Å². The highest BCUT2D eigenvalue weighted by Gasteiger charge is 2.06. The largest absolute Gasteiger partial charge is 0.311 e. The van der Waals surface area contributed by atoms with Crippen LogP contribution in [0.25, 0.3) is 11.4 Å². The first-order chi connectivity index (χ1) is 8.15. The van der Waals surface area contributed by atoms with E-state index in [2.05, 4.69) is 15.3 Å². The van der Waals surface area contributed by atoms with E-state index in [0.29, 0.717) is 16.8 Å². The average molecular weight is 248 g/mol. The first kappa shape index (κ1) is 11.5. The number of nitrogens with one attached hydrogen (secondary N) is 1. The van der Waals surface area contributed by atoms with Crippen molar-refractivity contribution in [3.63, 3.8) is 0 Å². The van der Waals surface area contributed by atoms with Crippen LogP contribution in [0.1, 0.15) is 6.92 Å². The third-order valence-electron chi connectivity index (χ3n) is 2.03. The highest BCUT2D eigenvalue weighted by molar-refractivity contribution is 6.29. The molecule has 17 heavy (non-hydrogen) atoms. The van der Waals surface area contributed by atoms with Crippen molar-refractivity contribution in [1.29, 1.82) is 0 Å². The van der Waals surface area contributed by atoms with Gasteiger partial charge in [0.05, 0.1) is 0 Å². The van der Waals surface area contributed by atoms with Crippen LogP contribution in [-0.4, -0.2) is 15.9 Å². The van der Waals surface area contributed by atoms with Crippen molar-refractivity contribution in [1.82, 2.24) is 9.97 Å². The Morgan fingerprint density at radius 1 is 1.24 bits per heavy atom. The summed E-state index contributed by atoms with van der Waals surface area (Å²) in [7, 11) is 0. The molecule has 0 radical (unpaired) electrons. The summed E-state index contributed by atoms with van der Waals surface area (Å²) in [6, 6.07) is 10.9. The molecule has 0 bridgehead atoms. The molecule has 0 aliphatic heterocycles. The maximum absolute atomic E-state index is 11.0. The molecule has 0 unspecified atom stereocenters. The predicted molar refractivity (Wildman–Crippen MR) is 66.8 cm³/mol. The number of nitrogens with zero attached hydrogens (tertiary/aromatic N) is 2. The number of benzene rings is 1. The molecule has 1 aromatic carbocycles. The first-order valence-electron chi connectivity index (χ1n) is 5.03. The number of hydrogen-bond donors (Lipinski definition) is 1. The van der Waals surface area contributed by atoms with Crippen molar-refractivity contribution in [2.75, 3.05) is 5.32 Å². The molecule has 86 valence electrons. The monoisotopic (exact) mass is 247 g/mol. The van der Waals surface area contributed by atoms with Crippen LogP contribution in [0.4, 0.5) is 5.82 Å². The standard InChI is InChI=1S/C12H10ClN3O/c1-8(17)14-11-7-10(13)15-12(16-11)9-5-3-2-4-6-9/h2-7H,1H3,(H,14,15,16,17). The minimum atomic E-state index is -0.196. The number of carbonyl (C=O) groups excluding carboxylic acids is 1. The Bertz CT molecular complexity index is 543. The molecule has 2 aromatic rings. The zero-order valence-corrected chi connectivity index (χ0v) is 9.90. The van der Waals surface area contributed by atoms with Gasteiger partial charge in [-0.1, -0.05) is 41.9 Å². The van der Waals surface area contributed by atoms with Crippen LogP contribution in [0.2, 0.25) is 5.15 Å². The van der Waals surface area contributed by atoms with Gasteiger partial charge < -0.3 is 5.32 Å². The second-order valence-corrected chi connectivity index (χ2v) is 3.83. The Hall–Kier alpha value is -1.94. The molecule has 0 atom stereocenters. The number of rotatable bonds is 2. The van der Waals surface area contributed by atoms with Gasteiger partial charge >= 0.3 is 0 Å². The van der Waals surface area contributed by atoms with Gasteiger partial charge in [0.25, 0.3) is 0 Å². The normalized spacial score (nSPS) is 10.0. The van der Waals surface area contributed by atoms with E-state index in [1.807, 2.05) is 30.3 Å². The van der Waals surface area contributed by atoms with E-state index in [9.17, 15) is 4.79 Å². The zero-order chi connectivity index (χ0) is 12.3. The van der Waals surface area contributed by atoms with Crippen molar-refractivity contribution >= 4 is 23.3 Å². The number of anilines is 1. The smallest absolute Gasteiger partial charge is 0.222 e. The van der Waals surface area contributed by atoms with E-state index in [1.54, 1.807) is 0 Å². The van der Waals surface area contributed by atoms with Gasteiger partial charge in [-0.2, -0.15) is 0 Å². The fourth-order valence-corrected chi connectivity index (χ4v) is 1.56. The van der Waals surface area contributed by atoms with Gasteiger partial charge in [-0.05, 0) is 0 Å². The molecular weight excluding hydrogens is 238 g/mol. The third-order valence-corrected chi connectivity index (χ3v) is 2.22. The number of hydrogen-bond acceptors (Lipinski definition) is 3. The number of halogens is 1. The molecule has 5 heteroatoms. The molecule has 0 spiro atoms. The van der Waals surface area contributed by atoms with E-state index < -0.39 is 0 Å². The average Bonchev–Trinajstić information content (AvgIpc) is 2.28. The van der Waals surface area contributed by atoms with Crippen molar-refractivity contribution in [3.05, 3.63) is 41.6 Å². The summed E-state index contributed by atoms with van der Waals surface area (Å²) in [5.74, 6) is 0.692. The van der Waals surface area contributed by atoms with Crippen LogP contribution in [-0.2, 0) is 4.79 Å².